The summed E-state index contributed by atoms with van der Waals surface area (Å²) in [6.07, 6.45) is 5.85. The lowest BCUT2D eigenvalue weighted by molar-refractivity contribution is 0.248. The Balaban J connectivity index is 1.59. The number of fused-ring (bicyclic) bond motifs is 1. The second kappa shape index (κ2) is 7.81. The molecule has 0 spiro atoms. The standard InChI is InChI=1S/C20H18Cl2N4O2/c21-14-7-12(8-15(22)19(14)27)11-5-6-16-17(9-11)25-18(10-23-16)26-20(28)24-13-3-1-2-4-13/h5-10,13,27H,1-4H2,(H2,24,25,26,28). The van der Waals surface area contributed by atoms with Crippen LogP contribution in [-0.4, -0.2) is 27.1 Å². The summed E-state index contributed by atoms with van der Waals surface area (Å²) in [6, 6.07) is 8.76. The summed E-state index contributed by atoms with van der Waals surface area (Å²) in [4.78, 5) is 21.0. The second-order valence-electron chi connectivity index (χ2n) is 6.83. The fourth-order valence-corrected chi connectivity index (χ4v) is 3.88. The maximum atomic E-state index is 12.2. The molecule has 0 radical (unpaired) electrons. The molecule has 144 valence electrons. The molecule has 4 rings (SSSR count). The van der Waals surface area contributed by atoms with Gasteiger partial charge in [0.1, 0.15) is 0 Å². The van der Waals surface area contributed by atoms with E-state index in [-0.39, 0.29) is 27.9 Å². The molecular weight excluding hydrogens is 399 g/mol. The van der Waals surface area contributed by atoms with Gasteiger partial charge in [-0.15, -0.1) is 0 Å². The first-order valence-electron chi connectivity index (χ1n) is 9.02. The van der Waals surface area contributed by atoms with E-state index in [0.717, 1.165) is 36.8 Å². The number of hydrogen-bond acceptors (Lipinski definition) is 4. The first-order valence-corrected chi connectivity index (χ1v) is 9.78. The number of carbonyl (C=O) groups excluding carboxylic acids is 1. The molecule has 1 fully saturated rings. The normalized spacial score (nSPS) is 14.4. The number of aromatic nitrogens is 2. The van der Waals surface area contributed by atoms with Crippen LogP contribution in [0.3, 0.4) is 0 Å². The van der Waals surface area contributed by atoms with E-state index in [2.05, 4.69) is 20.6 Å². The number of phenolic OH excluding ortho intramolecular Hbond substituents is 1. The molecule has 0 atom stereocenters. The lowest BCUT2D eigenvalue weighted by Gasteiger charge is -2.12. The van der Waals surface area contributed by atoms with Crippen molar-refractivity contribution in [2.45, 2.75) is 31.7 Å². The van der Waals surface area contributed by atoms with E-state index in [1.165, 1.54) is 6.20 Å². The van der Waals surface area contributed by atoms with Gasteiger partial charge in [0, 0.05) is 6.04 Å². The Kier molecular flexibility index (Phi) is 5.24. The predicted molar refractivity (Wildman–Crippen MR) is 111 cm³/mol. The molecule has 3 N–H and O–H groups in total. The highest BCUT2D eigenvalue weighted by atomic mass is 35.5. The molecule has 0 unspecified atom stereocenters. The average molecular weight is 417 g/mol. The summed E-state index contributed by atoms with van der Waals surface area (Å²) < 4.78 is 0. The van der Waals surface area contributed by atoms with E-state index in [4.69, 9.17) is 23.2 Å². The van der Waals surface area contributed by atoms with Crippen LogP contribution in [0.5, 0.6) is 5.75 Å². The number of nitrogens with one attached hydrogen (secondary N) is 2. The number of amides is 2. The van der Waals surface area contributed by atoms with Crippen LogP contribution in [0.2, 0.25) is 10.0 Å². The van der Waals surface area contributed by atoms with E-state index >= 15 is 0 Å². The van der Waals surface area contributed by atoms with Gasteiger partial charge < -0.3 is 10.4 Å². The Morgan fingerprint density at radius 3 is 2.46 bits per heavy atom. The van der Waals surface area contributed by atoms with Gasteiger partial charge >= 0.3 is 6.03 Å². The number of halogens is 2. The predicted octanol–water partition coefficient (Wildman–Crippen LogP) is 5.37. The van der Waals surface area contributed by atoms with Crippen LogP contribution in [0.25, 0.3) is 22.2 Å². The zero-order valence-corrected chi connectivity index (χ0v) is 16.4. The van der Waals surface area contributed by atoms with E-state index in [0.29, 0.717) is 16.9 Å². The quantitative estimate of drug-likeness (QED) is 0.535. The van der Waals surface area contributed by atoms with Gasteiger partial charge in [-0.2, -0.15) is 0 Å². The number of carbonyl (C=O) groups is 1. The molecule has 0 bridgehead atoms. The number of anilines is 1. The molecule has 1 heterocycles. The topological polar surface area (TPSA) is 87.1 Å². The first-order chi connectivity index (χ1) is 13.5. The summed E-state index contributed by atoms with van der Waals surface area (Å²) in [7, 11) is 0. The van der Waals surface area contributed by atoms with Crippen molar-refractivity contribution < 1.29 is 9.90 Å². The van der Waals surface area contributed by atoms with Crippen molar-refractivity contribution in [2.24, 2.45) is 0 Å². The van der Waals surface area contributed by atoms with Gasteiger partial charge in [-0.3, -0.25) is 10.3 Å². The number of rotatable bonds is 3. The number of urea groups is 1. The van der Waals surface area contributed by atoms with E-state index in [1.807, 2.05) is 18.2 Å². The van der Waals surface area contributed by atoms with Crippen molar-refractivity contribution in [1.82, 2.24) is 15.3 Å². The average Bonchev–Trinajstić information content (AvgIpc) is 3.18. The zero-order chi connectivity index (χ0) is 19.7. The van der Waals surface area contributed by atoms with Crippen molar-refractivity contribution >= 4 is 46.1 Å². The maximum Gasteiger partial charge on any atom is 0.320 e. The number of hydrogen-bond donors (Lipinski definition) is 3. The van der Waals surface area contributed by atoms with Crippen LogP contribution in [0.4, 0.5) is 10.6 Å². The van der Waals surface area contributed by atoms with Crippen LogP contribution in [0.15, 0.2) is 36.5 Å². The van der Waals surface area contributed by atoms with Gasteiger partial charge in [0.15, 0.2) is 11.6 Å². The molecule has 1 saturated carbocycles. The third kappa shape index (κ3) is 3.98. The van der Waals surface area contributed by atoms with Crippen LogP contribution < -0.4 is 10.6 Å². The largest absolute Gasteiger partial charge is 0.505 e. The molecule has 1 aliphatic rings. The third-order valence-electron chi connectivity index (χ3n) is 4.82. The molecule has 6 nitrogen and oxygen atoms in total. The molecule has 2 aromatic carbocycles. The second-order valence-corrected chi connectivity index (χ2v) is 7.64. The third-order valence-corrected chi connectivity index (χ3v) is 5.40. The molecule has 1 aromatic heterocycles. The van der Waals surface area contributed by atoms with Crippen molar-refractivity contribution in [3.8, 4) is 16.9 Å². The highest BCUT2D eigenvalue weighted by Gasteiger charge is 2.17. The molecule has 8 heteroatoms. The minimum absolute atomic E-state index is 0.146. The Morgan fingerprint density at radius 1 is 1.04 bits per heavy atom. The minimum atomic E-state index is -0.270. The lowest BCUT2D eigenvalue weighted by Crippen LogP contribution is -2.36. The van der Waals surface area contributed by atoms with Gasteiger partial charge in [-0.25, -0.2) is 9.78 Å². The van der Waals surface area contributed by atoms with Crippen molar-refractivity contribution in [3.63, 3.8) is 0 Å². The maximum absolute atomic E-state index is 12.2. The number of aromatic hydroxyl groups is 1. The van der Waals surface area contributed by atoms with E-state index in [9.17, 15) is 9.90 Å². The minimum Gasteiger partial charge on any atom is -0.505 e. The SMILES string of the molecule is O=C(Nc1cnc2ccc(-c3cc(Cl)c(O)c(Cl)c3)cc2n1)NC1CCCC1. The van der Waals surface area contributed by atoms with Gasteiger partial charge in [-0.05, 0) is 48.2 Å². The van der Waals surface area contributed by atoms with Crippen molar-refractivity contribution in [3.05, 3.63) is 46.6 Å². The molecule has 2 amide bonds. The van der Waals surface area contributed by atoms with Gasteiger partial charge in [0.25, 0.3) is 0 Å². The molecule has 3 aromatic rings. The van der Waals surface area contributed by atoms with Crippen LogP contribution in [0, 0.1) is 0 Å². The Bertz CT molecular complexity index is 1030. The number of nitrogens with zero attached hydrogens (tertiary/aromatic N) is 2. The first kappa shape index (κ1) is 18.8. The highest BCUT2D eigenvalue weighted by Crippen LogP contribution is 2.36. The summed E-state index contributed by atoms with van der Waals surface area (Å²) in [5.74, 6) is 0.231. The zero-order valence-electron chi connectivity index (χ0n) is 14.9. The molecule has 28 heavy (non-hydrogen) atoms. The fraction of sp³-hybridized carbons (Fsp3) is 0.250. The summed E-state index contributed by atoms with van der Waals surface area (Å²) in [5.41, 5.74) is 2.88. The highest BCUT2D eigenvalue weighted by molar-refractivity contribution is 6.37. The number of phenols is 1. The van der Waals surface area contributed by atoms with Gasteiger partial charge in [0.2, 0.25) is 0 Å². The lowest BCUT2D eigenvalue weighted by atomic mass is 10.0. The Morgan fingerprint density at radius 2 is 1.75 bits per heavy atom. The number of benzene rings is 2. The van der Waals surface area contributed by atoms with Crippen LogP contribution in [0.1, 0.15) is 25.7 Å². The van der Waals surface area contributed by atoms with Gasteiger partial charge in [-0.1, -0.05) is 42.1 Å². The molecule has 0 saturated heterocycles. The van der Waals surface area contributed by atoms with Crippen LogP contribution >= 0.6 is 23.2 Å². The summed E-state index contributed by atoms with van der Waals surface area (Å²) >= 11 is 12.0. The van der Waals surface area contributed by atoms with E-state index < -0.39 is 0 Å². The summed E-state index contributed by atoms with van der Waals surface area (Å²) in [6.45, 7) is 0. The molecule has 0 aliphatic heterocycles. The van der Waals surface area contributed by atoms with Gasteiger partial charge in [0.05, 0.1) is 27.3 Å². The molecule has 1 aliphatic carbocycles. The Labute approximate surface area is 171 Å². The van der Waals surface area contributed by atoms with Crippen molar-refractivity contribution in [2.75, 3.05) is 5.32 Å². The van der Waals surface area contributed by atoms with E-state index in [1.54, 1.807) is 12.1 Å². The fourth-order valence-electron chi connectivity index (χ4n) is 3.39. The Hall–Kier alpha value is -2.57. The van der Waals surface area contributed by atoms with Crippen LogP contribution in [-0.2, 0) is 0 Å². The molecular formula is C20H18Cl2N4O2. The smallest absolute Gasteiger partial charge is 0.320 e. The van der Waals surface area contributed by atoms with Crippen molar-refractivity contribution in [1.29, 1.82) is 0 Å². The monoisotopic (exact) mass is 416 g/mol. The summed E-state index contributed by atoms with van der Waals surface area (Å²) in [5, 5.41) is 15.8.